The molecule has 0 amide bonds. The van der Waals surface area contributed by atoms with Gasteiger partial charge < -0.3 is 20.1 Å². The van der Waals surface area contributed by atoms with Crippen molar-refractivity contribution >= 4 is 5.96 Å². The molecule has 0 radical (unpaired) electrons. The van der Waals surface area contributed by atoms with E-state index >= 15 is 0 Å². The van der Waals surface area contributed by atoms with E-state index in [0.717, 1.165) is 51.5 Å². The first-order chi connectivity index (χ1) is 12.3. The van der Waals surface area contributed by atoms with E-state index in [2.05, 4.69) is 48.2 Å². The molecule has 0 aromatic heterocycles. The van der Waals surface area contributed by atoms with Gasteiger partial charge in [0.1, 0.15) is 0 Å². The highest BCUT2D eigenvalue weighted by molar-refractivity contribution is 5.80. The molecule has 0 aromatic rings. The fraction of sp³-hybridized carbons (Fsp3) is 0.950. The van der Waals surface area contributed by atoms with Crippen molar-refractivity contribution in [3.05, 3.63) is 0 Å². The van der Waals surface area contributed by atoms with Gasteiger partial charge in [-0.05, 0) is 33.1 Å². The van der Waals surface area contributed by atoms with Crippen molar-refractivity contribution in [2.24, 2.45) is 16.3 Å². The quantitative estimate of drug-likeness (QED) is 0.574. The molecule has 26 heavy (non-hydrogen) atoms. The topological polar surface area (TPSA) is 58.1 Å². The van der Waals surface area contributed by atoms with Crippen LogP contribution in [0, 0.1) is 11.3 Å². The van der Waals surface area contributed by atoms with Crippen LogP contribution in [0.2, 0.25) is 0 Å². The number of nitrogens with zero attached hydrogens (tertiary/aromatic N) is 2. The average molecular weight is 367 g/mol. The number of rotatable bonds is 5. The molecule has 3 atom stereocenters. The summed E-state index contributed by atoms with van der Waals surface area (Å²) < 4.78 is 11.4. The molecule has 6 heteroatoms. The molecule has 6 nitrogen and oxygen atoms in total. The lowest BCUT2D eigenvalue weighted by Gasteiger charge is -2.55. The summed E-state index contributed by atoms with van der Waals surface area (Å²) in [6, 6.07) is 0.432. The Morgan fingerprint density at radius 2 is 1.96 bits per heavy atom. The van der Waals surface area contributed by atoms with Crippen LogP contribution in [-0.4, -0.2) is 75.0 Å². The SMILES string of the molecule is CN=C(NCC(C)(C)N1CCC(OC)CC1)NC1C2CCOC2C1(C)C. The molecular formula is C20H38N4O2. The smallest absolute Gasteiger partial charge is 0.191 e. The molecule has 2 aliphatic heterocycles. The van der Waals surface area contributed by atoms with Crippen LogP contribution in [0.1, 0.15) is 47.0 Å². The molecule has 0 bridgehead atoms. The van der Waals surface area contributed by atoms with Crippen molar-refractivity contribution in [3.8, 4) is 0 Å². The maximum atomic E-state index is 5.91. The number of hydrogen-bond acceptors (Lipinski definition) is 4. The lowest BCUT2D eigenvalue weighted by molar-refractivity contribution is -0.106. The largest absolute Gasteiger partial charge is 0.381 e. The van der Waals surface area contributed by atoms with Gasteiger partial charge in [-0.3, -0.25) is 9.89 Å². The highest BCUT2D eigenvalue weighted by atomic mass is 16.5. The van der Waals surface area contributed by atoms with Gasteiger partial charge in [-0.2, -0.15) is 0 Å². The van der Waals surface area contributed by atoms with Gasteiger partial charge in [0.2, 0.25) is 0 Å². The number of fused-ring (bicyclic) bond motifs is 1. The molecule has 1 saturated carbocycles. The summed E-state index contributed by atoms with van der Waals surface area (Å²) in [4.78, 5) is 7.04. The van der Waals surface area contributed by atoms with E-state index in [-0.39, 0.29) is 11.0 Å². The molecule has 2 saturated heterocycles. The second-order valence-electron chi connectivity index (χ2n) is 9.35. The van der Waals surface area contributed by atoms with Gasteiger partial charge >= 0.3 is 0 Å². The first kappa shape index (κ1) is 19.9. The molecule has 3 fully saturated rings. The van der Waals surface area contributed by atoms with Gasteiger partial charge in [-0.25, -0.2) is 0 Å². The van der Waals surface area contributed by atoms with Crippen LogP contribution in [0.4, 0.5) is 0 Å². The van der Waals surface area contributed by atoms with E-state index in [4.69, 9.17) is 9.47 Å². The van der Waals surface area contributed by atoms with E-state index < -0.39 is 0 Å². The number of aliphatic imine (C=N–C) groups is 1. The van der Waals surface area contributed by atoms with Crippen molar-refractivity contribution in [1.29, 1.82) is 0 Å². The zero-order valence-corrected chi connectivity index (χ0v) is 17.5. The second-order valence-corrected chi connectivity index (χ2v) is 9.35. The first-order valence-electron chi connectivity index (χ1n) is 10.2. The number of hydrogen-bond donors (Lipinski definition) is 2. The number of nitrogens with one attached hydrogen (secondary N) is 2. The second kappa shape index (κ2) is 7.64. The Bertz CT molecular complexity index is 512. The molecule has 3 rings (SSSR count). The summed E-state index contributed by atoms with van der Waals surface area (Å²) in [6.07, 6.45) is 4.21. The van der Waals surface area contributed by atoms with Crippen molar-refractivity contribution in [2.45, 2.75) is 70.7 Å². The zero-order chi connectivity index (χ0) is 18.9. The standard InChI is InChI=1S/C20H38N4O2/c1-19(2,24-10-7-14(25-6)8-11-24)13-22-18(21-5)23-16-15-9-12-26-17(15)20(16,3)4/h14-17H,7-13H2,1-6H3,(H2,21,22,23). The summed E-state index contributed by atoms with van der Waals surface area (Å²) in [6.45, 7) is 13.2. The zero-order valence-electron chi connectivity index (χ0n) is 17.5. The predicted molar refractivity (Wildman–Crippen MR) is 106 cm³/mol. The molecule has 1 aliphatic carbocycles. The normalized spacial score (nSPS) is 32.8. The van der Waals surface area contributed by atoms with Crippen LogP contribution in [0.15, 0.2) is 4.99 Å². The van der Waals surface area contributed by atoms with E-state index in [1.807, 2.05) is 14.2 Å². The van der Waals surface area contributed by atoms with E-state index in [9.17, 15) is 0 Å². The number of piperidine rings is 1. The molecule has 3 aliphatic rings. The third-order valence-electron chi connectivity index (χ3n) is 6.94. The van der Waals surface area contributed by atoms with Gasteiger partial charge in [-0.1, -0.05) is 13.8 Å². The van der Waals surface area contributed by atoms with Crippen LogP contribution in [0.3, 0.4) is 0 Å². The minimum absolute atomic E-state index is 0.0878. The Kier molecular flexibility index (Phi) is 5.85. The van der Waals surface area contributed by atoms with Crippen molar-refractivity contribution in [2.75, 3.05) is 40.4 Å². The fourth-order valence-corrected chi connectivity index (χ4v) is 5.07. The molecule has 0 aromatic carbocycles. The summed E-state index contributed by atoms with van der Waals surface area (Å²) in [5.74, 6) is 1.53. The predicted octanol–water partition coefficient (Wildman–Crippen LogP) is 1.85. The van der Waals surface area contributed by atoms with Crippen molar-refractivity contribution < 1.29 is 9.47 Å². The van der Waals surface area contributed by atoms with E-state index in [1.165, 1.54) is 0 Å². The lowest BCUT2D eigenvalue weighted by Crippen LogP contribution is -2.68. The van der Waals surface area contributed by atoms with Crippen molar-refractivity contribution in [1.82, 2.24) is 15.5 Å². The molecule has 3 unspecified atom stereocenters. The average Bonchev–Trinajstić information content (AvgIpc) is 3.09. The Hall–Kier alpha value is -0.850. The van der Waals surface area contributed by atoms with E-state index in [1.54, 1.807) is 0 Å². The monoisotopic (exact) mass is 366 g/mol. The van der Waals surface area contributed by atoms with Crippen LogP contribution >= 0.6 is 0 Å². The highest BCUT2D eigenvalue weighted by Crippen LogP contribution is 2.52. The fourth-order valence-electron chi connectivity index (χ4n) is 5.07. The van der Waals surface area contributed by atoms with Gasteiger partial charge in [-0.15, -0.1) is 0 Å². The van der Waals surface area contributed by atoms with Crippen LogP contribution in [-0.2, 0) is 9.47 Å². The first-order valence-corrected chi connectivity index (χ1v) is 10.2. The van der Waals surface area contributed by atoms with Crippen LogP contribution in [0.25, 0.3) is 0 Å². The summed E-state index contributed by atoms with van der Waals surface area (Å²) in [5, 5.41) is 7.25. The molecule has 0 spiro atoms. The van der Waals surface area contributed by atoms with Crippen LogP contribution < -0.4 is 10.6 Å². The van der Waals surface area contributed by atoms with Gasteiger partial charge in [0, 0.05) is 63.3 Å². The van der Waals surface area contributed by atoms with Crippen LogP contribution in [0.5, 0.6) is 0 Å². The molecule has 150 valence electrons. The molecular weight excluding hydrogens is 328 g/mol. The van der Waals surface area contributed by atoms with Crippen molar-refractivity contribution in [3.63, 3.8) is 0 Å². The third kappa shape index (κ3) is 3.73. The molecule has 2 heterocycles. The third-order valence-corrected chi connectivity index (χ3v) is 6.94. The summed E-state index contributed by atoms with van der Waals surface area (Å²) >= 11 is 0. The Morgan fingerprint density at radius 1 is 1.27 bits per heavy atom. The minimum atomic E-state index is 0.0878. The Morgan fingerprint density at radius 3 is 2.58 bits per heavy atom. The summed E-state index contributed by atoms with van der Waals surface area (Å²) in [5.41, 5.74) is 0.251. The Labute approximate surface area is 159 Å². The number of ether oxygens (including phenoxy) is 2. The molecule has 2 N–H and O–H groups in total. The minimum Gasteiger partial charge on any atom is -0.381 e. The van der Waals surface area contributed by atoms with Gasteiger partial charge in [0.25, 0.3) is 0 Å². The highest BCUT2D eigenvalue weighted by Gasteiger charge is 2.59. The van der Waals surface area contributed by atoms with Gasteiger partial charge in [0.05, 0.1) is 12.2 Å². The maximum Gasteiger partial charge on any atom is 0.191 e. The Balaban J connectivity index is 1.51. The summed E-state index contributed by atoms with van der Waals surface area (Å²) in [7, 11) is 3.69. The number of methoxy groups -OCH3 is 1. The van der Waals surface area contributed by atoms with Gasteiger partial charge in [0.15, 0.2) is 5.96 Å². The number of guanidine groups is 1. The lowest BCUT2D eigenvalue weighted by atomic mass is 9.57. The number of likely N-dealkylation sites (tertiary alicyclic amines) is 1. The van der Waals surface area contributed by atoms with E-state index in [0.29, 0.717) is 24.2 Å². The maximum absolute atomic E-state index is 5.91.